The Labute approximate surface area is 93.2 Å². The fraction of sp³-hybridized carbons (Fsp3) is 0.400. The first kappa shape index (κ1) is 11.1. The lowest BCUT2D eigenvalue weighted by Gasteiger charge is -2.05. The molecule has 3 heteroatoms. The van der Waals surface area contributed by atoms with Gasteiger partial charge >= 0.3 is 0 Å². The molecule has 0 aliphatic rings. The molecule has 0 saturated heterocycles. The molecule has 72 valence electrons. The van der Waals surface area contributed by atoms with Crippen LogP contribution in [0.2, 0.25) is 4.34 Å². The zero-order valence-electron chi connectivity index (χ0n) is 7.68. The van der Waals surface area contributed by atoms with Crippen molar-refractivity contribution in [3.63, 3.8) is 0 Å². The Morgan fingerprint density at radius 3 is 2.62 bits per heavy atom. The molecule has 0 amide bonds. The van der Waals surface area contributed by atoms with E-state index < -0.39 is 0 Å². The number of alkyl halides is 1. The van der Waals surface area contributed by atoms with E-state index in [1.165, 1.54) is 10.5 Å². The molecule has 1 aromatic rings. The third-order valence-electron chi connectivity index (χ3n) is 1.82. The Balaban J connectivity index is 2.84. The zero-order chi connectivity index (χ0) is 9.84. The van der Waals surface area contributed by atoms with Crippen molar-refractivity contribution in [1.29, 1.82) is 0 Å². The molecule has 0 nitrogen and oxygen atoms in total. The Morgan fingerprint density at radius 2 is 2.23 bits per heavy atom. The van der Waals surface area contributed by atoms with E-state index in [0.29, 0.717) is 11.8 Å². The maximum Gasteiger partial charge on any atom is 0.0934 e. The van der Waals surface area contributed by atoms with Gasteiger partial charge in [0.2, 0.25) is 0 Å². The van der Waals surface area contributed by atoms with Crippen molar-refractivity contribution < 1.29 is 0 Å². The van der Waals surface area contributed by atoms with E-state index in [-0.39, 0.29) is 0 Å². The Hall–Kier alpha value is 0.0200. The highest BCUT2D eigenvalue weighted by Crippen LogP contribution is 2.25. The largest absolute Gasteiger partial charge is 0.124 e. The molecule has 0 saturated carbocycles. The van der Waals surface area contributed by atoms with Crippen molar-refractivity contribution in [2.24, 2.45) is 5.92 Å². The summed E-state index contributed by atoms with van der Waals surface area (Å²) in [6.45, 7) is 4.28. The van der Waals surface area contributed by atoms with Crippen LogP contribution in [0.5, 0.6) is 0 Å². The van der Waals surface area contributed by atoms with Gasteiger partial charge in [0.1, 0.15) is 0 Å². The Bertz CT molecular complexity index is 300. The first-order chi connectivity index (χ1) is 6.13. The molecule has 0 fully saturated rings. The highest BCUT2D eigenvalue weighted by Gasteiger charge is 2.02. The lowest BCUT2D eigenvalue weighted by molar-refractivity contribution is 0.778. The highest BCUT2D eigenvalue weighted by atomic mass is 35.5. The topological polar surface area (TPSA) is 0 Å². The van der Waals surface area contributed by atoms with Crippen LogP contribution >= 0.6 is 34.5 Å². The summed E-state index contributed by atoms with van der Waals surface area (Å²) in [6.07, 6.45) is 2.12. The van der Waals surface area contributed by atoms with E-state index in [2.05, 4.69) is 19.9 Å². The zero-order valence-corrected chi connectivity index (χ0v) is 10.0. The van der Waals surface area contributed by atoms with Gasteiger partial charge in [0, 0.05) is 10.8 Å². The molecule has 1 aromatic heterocycles. The van der Waals surface area contributed by atoms with Crippen LogP contribution in [0.25, 0.3) is 6.08 Å². The van der Waals surface area contributed by atoms with Crippen LogP contribution in [0, 0.1) is 5.92 Å². The lowest BCUT2D eigenvalue weighted by atomic mass is 10.0. The summed E-state index contributed by atoms with van der Waals surface area (Å²) in [5.74, 6) is 1.09. The second-order valence-corrected chi connectivity index (χ2v) is 5.16. The van der Waals surface area contributed by atoms with Gasteiger partial charge in [-0.1, -0.05) is 31.0 Å². The second kappa shape index (κ2) is 5.04. The van der Waals surface area contributed by atoms with Gasteiger partial charge in [-0.3, -0.25) is 0 Å². The molecular formula is C10H12Cl2S. The first-order valence-corrected chi connectivity index (χ1v) is 5.88. The summed E-state index contributed by atoms with van der Waals surface area (Å²) in [7, 11) is 0. The number of hydrogen-bond donors (Lipinski definition) is 0. The van der Waals surface area contributed by atoms with E-state index >= 15 is 0 Å². The minimum absolute atomic E-state index is 0.498. The van der Waals surface area contributed by atoms with Crippen LogP contribution in [0.3, 0.4) is 0 Å². The predicted molar refractivity (Wildman–Crippen MR) is 62.9 cm³/mol. The summed E-state index contributed by atoms with van der Waals surface area (Å²) in [5.41, 5.74) is 1.25. The lowest BCUT2D eigenvalue weighted by Crippen LogP contribution is -1.94. The van der Waals surface area contributed by atoms with Crippen molar-refractivity contribution in [3.8, 4) is 0 Å². The molecule has 0 aliphatic carbocycles. The monoisotopic (exact) mass is 234 g/mol. The normalized spacial score (nSPS) is 12.5. The van der Waals surface area contributed by atoms with Crippen molar-refractivity contribution in [2.45, 2.75) is 13.8 Å². The number of allylic oxidation sites excluding steroid dienone is 1. The van der Waals surface area contributed by atoms with Gasteiger partial charge in [0.25, 0.3) is 0 Å². The number of thiophene rings is 1. The van der Waals surface area contributed by atoms with E-state index in [1.807, 2.05) is 12.1 Å². The van der Waals surface area contributed by atoms with Gasteiger partial charge in [0.15, 0.2) is 0 Å². The predicted octanol–water partition coefficient (Wildman–Crippen LogP) is 4.68. The van der Waals surface area contributed by atoms with Crippen molar-refractivity contribution in [2.75, 3.05) is 5.88 Å². The molecule has 0 atom stereocenters. The summed E-state index contributed by atoms with van der Waals surface area (Å²) >= 11 is 13.2. The van der Waals surface area contributed by atoms with Gasteiger partial charge < -0.3 is 0 Å². The van der Waals surface area contributed by atoms with Crippen LogP contribution in [-0.4, -0.2) is 5.88 Å². The summed E-state index contributed by atoms with van der Waals surface area (Å²) < 4.78 is 0.823. The molecule has 1 heterocycles. The van der Waals surface area contributed by atoms with E-state index in [1.54, 1.807) is 11.3 Å². The van der Waals surface area contributed by atoms with Crippen LogP contribution in [0.15, 0.2) is 17.7 Å². The van der Waals surface area contributed by atoms with E-state index in [4.69, 9.17) is 23.2 Å². The van der Waals surface area contributed by atoms with E-state index in [0.717, 1.165) is 4.34 Å². The molecule has 0 N–H and O–H groups in total. The van der Waals surface area contributed by atoms with E-state index in [9.17, 15) is 0 Å². The van der Waals surface area contributed by atoms with Gasteiger partial charge in [-0.05, 0) is 24.1 Å². The second-order valence-electron chi connectivity index (χ2n) is 3.15. The van der Waals surface area contributed by atoms with Crippen LogP contribution in [0.4, 0.5) is 0 Å². The summed E-state index contributed by atoms with van der Waals surface area (Å²) in [4.78, 5) is 1.18. The average Bonchev–Trinajstić information content (AvgIpc) is 2.46. The van der Waals surface area contributed by atoms with Gasteiger partial charge in [0.05, 0.1) is 4.34 Å². The quantitative estimate of drug-likeness (QED) is 0.667. The molecule has 1 rings (SSSR count). The molecular weight excluding hydrogens is 223 g/mol. The Kier molecular flexibility index (Phi) is 4.30. The van der Waals surface area contributed by atoms with Crippen LogP contribution in [-0.2, 0) is 0 Å². The fourth-order valence-electron chi connectivity index (χ4n) is 0.948. The van der Waals surface area contributed by atoms with Crippen molar-refractivity contribution in [1.82, 2.24) is 0 Å². The Morgan fingerprint density at radius 1 is 1.54 bits per heavy atom. The van der Waals surface area contributed by atoms with Crippen molar-refractivity contribution in [3.05, 3.63) is 26.9 Å². The fourth-order valence-corrected chi connectivity index (χ4v) is 2.37. The van der Waals surface area contributed by atoms with Gasteiger partial charge in [-0.15, -0.1) is 22.9 Å². The number of halogens is 2. The highest BCUT2D eigenvalue weighted by molar-refractivity contribution is 7.17. The van der Waals surface area contributed by atoms with Crippen LogP contribution < -0.4 is 0 Å². The summed E-state index contributed by atoms with van der Waals surface area (Å²) in [5, 5.41) is 0. The first-order valence-electron chi connectivity index (χ1n) is 4.15. The SMILES string of the molecule is CC(C)C(=Cc1ccc(Cl)s1)CCl. The molecule has 0 unspecified atom stereocenters. The van der Waals surface area contributed by atoms with Gasteiger partial charge in [-0.25, -0.2) is 0 Å². The molecule has 0 bridgehead atoms. The minimum Gasteiger partial charge on any atom is -0.124 e. The number of hydrogen-bond acceptors (Lipinski definition) is 1. The van der Waals surface area contributed by atoms with Crippen LogP contribution in [0.1, 0.15) is 18.7 Å². The maximum atomic E-state index is 5.82. The standard InChI is InChI=1S/C10H12Cl2S/c1-7(2)8(6-11)5-9-3-4-10(12)13-9/h3-5,7H,6H2,1-2H3. The summed E-state index contributed by atoms with van der Waals surface area (Å²) in [6, 6.07) is 3.92. The molecule has 0 aromatic carbocycles. The minimum atomic E-state index is 0.498. The molecule has 0 radical (unpaired) electrons. The smallest absolute Gasteiger partial charge is 0.0934 e. The number of rotatable bonds is 3. The molecule has 0 spiro atoms. The molecule has 13 heavy (non-hydrogen) atoms. The van der Waals surface area contributed by atoms with Gasteiger partial charge in [-0.2, -0.15) is 0 Å². The van der Waals surface area contributed by atoms with Crippen molar-refractivity contribution >= 4 is 40.6 Å². The third kappa shape index (κ3) is 3.34. The molecule has 0 aliphatic heterocycles. The average molecular weight is 235 g/mol. The maximum absolute atomic E-state index is 5.82. The third-order valence-corrected chi connectivity index (χ3v) is 3.30.